The van der Waals surface area contributed by atoms with Crippen LogP contribution in [0.2, 0.25) is 0 Å². The first-order valence-corrected chi connectivity index (χ1v) is 9.39. The number of fused-ring (bicyclic) bond motifs is 1. The van der Waals surface area contributed by atoms with Crippen LogP contribution < -0.4 is 5.56 Å². The molecule has 5 rings (SSSR count). The molecule has 0 aliphatic carbocycles. The second-order valence-electron chi connectivity index (χ2n) is 6.76. The first kappa shape index (κ1) is 18.0. The summed E-state index contributed by atoms with van der Waals surface area (Å²) in [6, 6.07) is 18.9. The Balaban J connectivity index is 1.54. The van der Waals surface area contributed by atoms with E-state index in [0.29, 0.717) is 28.5 Å². The van der Waals surface area contributed by atoms with Crippen LogP contribution in [0.25, 0.3) is 28.2 Å². The van der Waals surface area contributed by atoms with Crippen molar-refractivity contribution in [3.8, 4) is 22.7 Å². The maximum atomic E-state index is 13.1. The molecule has 1 N–H and O–H groups in total. The number of hydrogen-bond donors (Lipinski definition) is 1. The Kier molecular flexibility index (Phi) is 4.45. The molecule has 0 unspecified atom stereocenters. The molecule has 8 heteroatoms. The first-order valence-electron chi connectivity index (χ1n) is 9.39. The van der Waals surface area contributed by atoms with E-state index in [1.165, 1.54) is 9.08 Å². The van der Waals surface area contributed by atoms with Crippen molar-refractivity contribution < 1.29 is 9.63 Å². The van der Waals surface area contributed by atoms with Gasteiger partial charge in [0.25, 0.3) is 11.4 Å². The Labute approximate surface area is 170 Å². The lowest BCUT2D eigenvalue weighted by Gasteiger charge is -2.03. The third-order valence-corrected chi connectivity index (χ3v) is 4.87. The van der Waals surface area contributed by atoms with Gasteiger partial charge in [-0.05, 0) is 12.1 Å². The zero-order chi connectivity index (χ0) is 20.5. The van der Waals surface area contributed by atoms with E-state index in [2.05, 4.69) is 15.2 Å². The van der Waals surface area contributed by atoms with Crippen molar-refractivity contribution >= 4 is 5.52 Å². The van der Waals surface area contributed by atoms with Crippen LogP contribution in [0.5, 0.6) is 0 Å². The molecule has 5 aromatic rings. The monoisotopic (exact) mass is 399 g/mol. The SMILES string of the molecule is O=c1c2c(CO)c(-c3ccccc3)nn2ccn1Cc1noc(-c2ccccc2)n1. The van der Waals surface area contributed by atoms with Gasteiger partial charge in [-0.25, -0.2) is 4.52 Å². The lowest BCUT2D eigenvalue weighted by Crippen LogP contribution is -2.23. The summed E-state index contributed by atoms with van der Waals surface area (Å²) in [6.45, 7) is -0.157. The molecule has 0 saturated heterocycles. The predicted molar refractivity (Wildman–Crippen MR) is 110 cm³/mol. The van der Waals surface area contributed by atoms with Gasteiger partial charge < -0.3 is 14.2 Å². The molecule has 0 spiro atoms. The van der Waals surface area contributed by atoms with E-state index in [1.807, 2.05) is 60.7 Å². The summed E-state index contributed by atoms with van der Waals surface area (Å²) in [4.78, 5) is 17.5. The molecule has 0 aliphatic heterocycles. The van der Waals surface area contributed by atoms with Gasteiger partial charge in [-0.3, -0.25) is 4.79 Å². The summed E-state index contributed by atoms with van der Waals surface area (Å²) in [5.41, 5.74) is 2.75. The highest BCUT2D eigenvalue weighted by molar-refractivity contribution is 5.72. The van der Waals surface area contributed by atoms with Gasteiger partial charge in [-0.1, -0.05) is 53.7 Å². The van der Waals surface area contributed by atoms with Gasteiger partial charge in [0.1, 0.15) is 5.52 Å². The molecule has 148 valence electrons. The number of hydrogen-bond acceptors (Lipinski definition) is 6. The first-order chi connectivity index (χ1) is 14.7. The fraction of sp³-hybridized carbons (Fsp3) is 0.0909. The van der Waals surface area contributed by atoms with E-state index in [9.17, 15) is 9.90 Å². The van der Waals surface area contributed by atoms with Crippen molar-refractivity contribution in [2.24, 2.45) is 0 Å². The summed E-state index contributed by atoms with van der Waals surface area (Å²) in [5.74, 6) is 0.778. The van der Waals surface area contributed by atoms with Gasteiger partial charge >= 0.3 is 0 Å². The second-order valence-corrected chi connectivity index (χ2v) is 6.76. The van der Waals surface area contributed by atoms with Crippen molar-refractivity contribution in [2.75, 3.05) is 0 Å². The summed E-state index contributed by atoms with van der Waals surface area (Å²) >= 11 is 0. The molecular formula is C22H17N5O3. The second kappa shape index (κ2) is 7.41. The quantitative estimate of drug-likeness (QED) is 0.488. The molecule has 0 bridgehead atoms. The summed E-state index contributed by atoms with van der Waals surface area (Å²) < 4.78 is 8.30. The Morgan fingerprint density at radius 1 is 0.933 bits per heavy atom. The zero-order valence-electron chi connectivity index (χ0n) is 15.8. The molecule has 2 aromatic carbocycles. The topological polar surface area (TPSA) is 98.4 Å². The maximum Gasteiger partial charge on any atom is 0.277 e. The average Bonchev–Trinajstić information content (AvgIpc) is 3.42. The fourth-order valence-electron chi connectivity index (χ4n) is 3.42. The largest absolute Gasteiger partial charge is 0.392 e. The van der Waals surface area contributed by atoms with Gasteiger partial charge in [0.05, 0.1) is 18.8 Å². The minimum atomic E-state index is -0.298. The minimum absolute atomic E-state index is 0.141. The Morgan fingerprint density at radius 2 is 1.63 bits per heavy atom. The zero-order valence-corrected chi connectivity index (χ0v) is 15.8. The molecule has 0 radical (unpaired) electrons. The lowest BCUT2D eigenvalue weighted by atomic mass is 10.1. The van der Waals surface area contributed by atoms with Crippen LogP contribution in [0.15, 0.2) is 82.4 Å². The maximum absolute atomic E-state index is 13.1. The fourth-order valence-corrected chi connectivity index (χ4v) is 3.42. The van der Waals surface area contributed by atoms with Crippen LogP contribution in [0.4, 0.5) is 0 Å². The van der Waals surface area contributed by atoms with Crippen LogP contribution in [0, 0.1) is 0 Å². The molecule has 30 heavy (non-hydrogen) atoms. The highest BCUT2D eigenvalue weighted by atomic mass is 16.5. The van der Waals surface area contributed by atoms with Crippen molar-refractivity contribution in [1.82, 2.24) is 24.3 Å². The van der Waals surface area contributed by atoms with Gasteiger partial charge in [0, 0.05) is 29.1 Å². The van der Waals surface area contributed by atoms with Crippen LogP contribution in [-0.4, -0.2) is 29.4 Å². The van der Waals surface area contributed by atoms with E-state index in [4.69, 9.17) is 4.52 Å². The van der Waals surface area contributed by atoms with Crippen molar-refractivity contribution in [1.29, 1.82) is 0 Å². The number of benzene rings is 2. The van der Waals surface area contributed by atoms with E-state index in [-0.39, 0.29) is 18.7 Å². The minimum Gasteiger partial charge on any atom is -0.392 e. The summed E-state index contributed by atoms with van der Waals surface area (Å²) in [5, 5.41) is 18.4. The van der Waals surface area contributed by atoms with Crippen LogP contribution >= 0.6 is 0 Å². The predicted octanol–water partition coefficient (Wildman–Crippen LogP) is 2.75. The van der Waals surface area contributed by atoms with Crippen LogP contribution in [-0.2, 0) is 13.2 Å². The highest BCUT2D eigenvalue weighted by Crippen LogP contribution is 2.24. The van der Waals surface area contributed by atoms with Gasteiger partial charge in [-0.15, -0.1) is 0 Å². The molecule has 3 heterocycles. The standard InChI is InChI=1S/C22H17N5O3/c28-14-17-19(15-7-3-1-4-8-15)24-27-12-11-26(22(29)20(17)27)13-18-23-21(30-25-18)16-9-5-2-6-10-16/h1-12,28H,13-14H2. The molecule has 3 aromatic heterocycles. The third kappa shape index (κ3) is 3.09. The number of aliphatic hydroxyl groups is 1. The summed E-state index contributed by atoms with van der Waals surface area (Å²) in [6.07, 6.45) is 3.30. The van der Waals surface area contributed by atoms with E-state index < -0.39 is 0 Å². The van der Waals surface area contributed by atoms with E-state index in [1.54, 1.807) is 12.4 Å². The smallest absolute Gasteiger partial charge is 0.277 e. The molecule has 0 amide bonds. The number of nitrogens with zero attached hydrogens (tertiary/aromatic N) is 5. The van der Waals surface area contributed by atoms with Crippen molar-refractivity contribution in [3.63, 3.8) is 0 Å². The molecule has 0 atom stereocenters. The number of rotatable bonds is 5. The Bertz CT molecular complexity index is 1370. The molecule has 8 nitrogen and oxygen atoms in total. The van der Waals surface area contributed by atoms with Crippen LogP contribution in [0.3, 0.4) is 0 Å². The van der Waals surface area contributed by atoms with Crippen molar-refractivity contribution in [2.45, 2.75) is 13.2 Å². The normalized spacial score (nSPS) is 11.2. The number of aromatic nitrogens is 5. The Hall–Kier alpha value is -4.04. The van der Waals surface area contributed by atoms with Gasteiger partial charge in [0.15, 0.2) is 5.82 Å². The number of aliphatic hydroxyl groups excluding tert-OH is 1. The van der Waals surface area contributed by atoms with E-state index >= 15 is 0 Å². The molecule has 0 aliphatic rings. The van der Waals surface area contributed by atoms with Gasteiger partial charge in [-0.2, -0.15) is 10.1 Å². The molecule has 0 fully saturated rings. The Morgan fingerprint density at radius 3 is 2.33 bits per heavy atom. The van der Waals surface area contributed by atoms with Gasteiger partial charge in [0.2, 0.25) is 0 Å². The summed E-state index contributed by atoms with van der Waals surface area (Å²) in [7, 11) is 0. The highest BCUT2D eigenvalue weighted by Gasteiger charge is 2.18. The average molecular weight is 399 g/mol. The van der Waals surface area contributed by atoms with Crippen LogP contribution in [0.1, 0.15) is 11.4 Å². The lowest BCUT2D eigenvalue weighted by molar-refractivity contribution is 0.283. The third-order valence-electron chi connectivity index (χ3n) is 4.87. The molecule has 0 saturated carbocycles. The molecular weight excluding hydrogens is 382 g/mol. The van der Waals surface area contributed by atoms with Crippen molar-refractivity contribution in [3.05, 3.63) is 94.8 Å². The van der Waals surface area contributed by atoms with E-state index in [0.717, 1.165) is 11.1 Å².